The Kier molecular flexibility index (Phi) is 4.90. The highest BCUT2D eigenvalue weighted by molar-refractivity contribution is 7.16. The lowest BCUT2D eigenvalue weighted by atomic mass is 10.3. The van der Waals surface area contributed by atoms with Gasteiger partial charge in [0.05, 0.1) is 10.6 Å². The van der Waals surface area contributed by atoms with E-state index >= 15 is 0 Å². The Morgan fingerprint density at radius 2 is 2.21 bits per heavy atom. The number of nitrogens with one attached hydrogen (secondary N) is 1. The van der Waals surface area contributed by atoms with Gasteiger partial charge in [0.1, 0.15) is 5.01 Å². The van der Waals surface area contributed by atoms with E-state index in [0.29, 0.717) is 6.04 Å². The van der Waals surface area contributed by atoms with Gasteiger partial charge in [0, 0.05) is 24.2 Å². The van der Waals surface area contributed by atoms with Crippen LogP contribution in [-0.2, 0) is 6.54 Å². The van der Waals surface area contributed by atoms with Gasteiger partial charge < -0.3 is 10.2 Å². The first-order chi connectivity index (χ1) is 9.08. The van der Waals surface area contributed by atoms with Gasteiger partial charge in [0.15, 0.2) is 5.13 Å². The Bertz CT molecular complexity index is 518. The molecule has 6 heteroatoms. The first kappa shape index (κ1) is 14.4. The van der Waals surface area contributed by atoms with Gasteiger partial charge in [-0.3, -0.25) is 0 Å². The number of hydrogen-bond donors (Lipinski definition) is 1. The molecule has 19 heavy (non-hydrogen) atoms. The number of aromatic nitrogens is 2. The summed E-state index contributed by atoms with van der Waals surface area (Å²) in [6.07, 6.45) is 3.02. The van der Waals surface area contributed by atoms with Crippen molar-refractivity contribution in [2.75, 3.05) is 19.4 Å². The molecular formula is C13H20N4S2. The summed E-state index contributed by atoms with van der Waals surface area (Å²) < 4.78 is 0. The molecular weight excluding hydrogens is 276 g/mol. The zero-order valence-corrected chi connectivity index (χ0v) is 13.4. The van der Waals surface area contributed by atoms with E-state index in [-0.39, 0.29) is 0 Å². The molecule has 2 rings (SSSR count). The molecule has 1 unspecified atom stereocenters. The number of hydrogen-bond acceptors (Lipinski definition) is 6. The second-order valence-corrected chi connectivity index (χ2v) is 6.82. The first-order valence-electron chi connectivity index (χ1n) is 6.40. The lowest BCUT2D eigenvalue weighted by Gasteiger charge is -2.08. The fraction of sp³-hybridized carbons (Fsp3) is 0.538. The highest BCUT2D eigenvalue weighted by Gasteiger charge is 2.10. The van der Waals surface area contributed by atoms with Crippen LogP contribution >= 0.6 is 22.7 Å². The van der Waals surface area contributed by atoms with Crippen molar-refractivity contribution in [2.24, 2.45) is 0 Å². The van der Waals surface area contributed by atoms with Crippen molar-refractivity contribution in [2.45, 2.75) is 32.9 Å². The highest BCUT2D eigenvalue weighted by Crippen LogP contribution is 2.29. The maximum Gasteiger partial charge on any atom is 0.183 e. The summed E-state index contributed by atoms with van der Waals surface area (Å²) in [5.41, 5.74) is 1.03. The van der Waals surface area contributed by atoms with Crippen LogP contribution in [0.2, 0.25) is 0 Å². The van der Waals surface area contributed by atoms with Crippen LogP contribution in [0.25, 0.3) is 10.6 Å². The van der Waals surface area contributed by atoms with E-state index in [2.05, 4.69) is 53.5 Å². The molecule has 0 saturated heterocycles. The number of thiazole rings is 2. The largest absolute Gasteiger partial charge is 0.359 e. The summed E-state index contributed by atoms with van der Waals surface area (Å²) in [6.45, 7) is 5.22. The molecule has 0 bridgehead atoms. The van der Waals surface area contributed by atoms with Crippen LogP contribution in [-0.4, -0.2) is 35.0 Å². The molecule has 0 spiro atoms. The van der Waals surface area contributed by atoms with Gasteiger partial charge in [-0.1, -0.05) is 6.92 Å². The molecule has 2 aromatic heterocycles. The fourth-order valence-electron chi connectivity index (χ4n) is 1.54. The summed E-state index contributed by atoms with van der Waals surface area (Å²) in [7, 11) is 4.11. The average molecular weight is 296 g/mol. The third-order valence-corrected chi connectivity index (χ3v) is 4.52. The van der Waals surface area contributed by atoms with Gasteiger partial charge in [-0.2, -0.15) is 0 Å². The van der Waals surface area contributed by atoms with Crippen LogP contribution in [0.4, 0.5) is 5.13 Å². The molecule has 0 aliphatic rings. The van der Waals surface area contributed by atoms with E-state index in [1.165, 1.54) is 0 Å². The molecule has 2 heterocycles. The van der Waals surface area contributed by atoms with Crippen LogP contribution in [0.5, 0.6) is 0 Å². The number of nitrogens with zero attached hydrogens (tertiary/aromatic N) is 3. The van der Waals surface area contributed by atoms with Crippen LogP contribution in [0, 0.1) is 0 Å². The Morgan fingerprint density at radius 3 is 2.89 bits per heavy atom. The summed E-state index contributed by atoms with van der Waals surface area (Å²) in [6, 6.07) is 0.463. The third-order valence-electron chi connectivity index (χ3n) is 2.74. The van der Waals surface area contributed by atoms with Crippen LogP contribution in [0.3, 0.4) is 0 Å². The van der Waals surface area contributed by atoms with Crippen molar-refractivity contribution in [3.63, 3.8) is 0 Å². The van der Waals surface area contributed by atoms with Crippen molar-refractivity contribution < 1.29 is 0 Å². The predicted octanol–water partition coefficient (Wildman–Crippen LogP) is 3.54. The van der Waals surface area contributed by atoms with Crippen molar-refractivity contribution in [3.05, 3.63) is 16.6 Å². The third kappa shape index (κ3) is 3.99. The molecule has 0 radical (unpaired) electrons. The summed E-state index contributed by atoms with van der Waals surface area (Å²) in [5, 5.41) is 7.62. The maximum atomic E-state index is 4.63. The van der Waals surface area contributed by atoms with E-state index in [0.717, 1.165) is 33.7 Å². The molecule has 104 valence electrons. The quantitative estimate of drug-likeness (QED) is 0.885. The SMILES string of the molecule is CCC(C)Nc1nc(-c2cnc(CN(C)C)s2)cs1. The van der Waals surface area contributed by atoms with Crippen LogP contribution in [0.15, 0.2) is 11.6 Å². The topological polar surface area (TPSA) is 41.1 Å². The van der Waals surface area contributed by atoms with Gasteiger partial charge in [-0.25, -0.2) is 9.97 Å². The molecule has 0 aromatic carbocycles. The van der Waals surface area contributed by atoms with E-state index in [1.54, 1.807) is 22.7 Å². The Labute approximate surface area is 122 Å². The van der Waals surface area contributed by atoms with Gasteiger partial charge in [-0.05, 0) is 27.4 Å². The van der Waals surface area contributed by atoms with Crippen molar-refractivity contribution >= 4 is 27.8 Å². The molecule has 0 aliphatic carbocycles. The Balaban J connectivity index is 2.07. The highest BCUT2D eigenvalue weighted by atomic mass is 32.1. The molecule has 1 N–H and O–H groups in total. The molecule has 0 saturated carbocycles. The van der Waals surface area contributed by atoms with Crippen molar-refractivity contribution in [1.82, 2.24) is 14.9 Å². The lowest BCUT2D eigenvalue weighted by molar-refractivity contribution is 0.401. The summed E-state index contributed by atoms with van der Waals surface area (Å²) in [5.74, 6) is 0. The van der Waals surface area contributed by atoms with Crippen LogP contribution < -0.4 is 5.32 Å². The van der Waals surface area contributed by atoms with Crippen molar-refractivity contribution in [3.8, 4) is 10.6 Å². The lowest BCUT2D eigenvalue weighted by Crippen LogP contribution is -2.12. The molecule has 2 aromatic rings. The minimum atomic E-state index is 0.463. The average Bonchev–Trinajstić information content (AvgIpc) is 2.97. The zero-order chi connectivity index (χ0) is 13.8. The Hall–Kier alpha value is -0.980. The van der Waals surface area contributed by atoms with Gasteiger partial charge in [-0.15, -0.1) is 22.7 Å². The van der Waals surface area contributed by atoms with E-state index < -0.39 is 0 Å². The van der Waals surface area contributed by atoms with Gasteiger partial charge in [0.2, 0.25) is 0 Å². The molecule has 0 fully saturated rings. The molecule has 4 nitrogen and oxygen atoms in total. The Morgan fingerprint density at radius 1 is 1.42 bits per heavy atom. The van der Waals surface area contributed by atoms with Gasteiger partial charge >= 0.3 is 0 Å². The number of anilines is 1. The van der Waals surface area contributed by atoms with E-state index in [1.807, 2.05) is 6.20 Å². The minimum Gasteiger partial charge on any atom is -0.359 e. The first-order valence-corrected chi connectivity index (χ1v) is 8.10. The zero-order valence-electron chi connectivity index (χ0n) is 11.8. The molecule has 0 aliphatic heterocycles. The minimum absolute atomic E-state index is 0.463. The second-order valence-electron chi connectivity index (χ2n) is 4.85. The predicted molar refractivity (Wildman–Crippen MR) is 84.0 cm³/mol. The van der Waals surface area contributed by atoms with E-state index in [9.17, 15) is 0 Å². The summed E-state index contributed by atoms with van der Waals surface area (Å²) in [4.78, 5) is 12.3. The van der Waals surface area contributed by atoms with E-state index in [4.69, 9.17) is 0 Å². The fourth-order valence-corrected chi connectivity index (χ4v) is 3.43. The smallest absolute Gasteiger partial charge is 0.183 e. The number of rotatable bonds is 6. The monoisotopic (exact) mass is 296 g/mol. The van der Waals surface area contributed by atoms with Gasteiger partial charge in [0.25, 0.3) is 0 Å². The van der Waals surface area contributed by atoms with Crippen molar-refractivity contribution in [1.29, 1.82) is 0 Å². The maximum absolute atomic E-state index is 4.63. The second kappa shape index (κ2) is 6.45. The molecule has 0 amide bonds. The normalized spacial score (nSPS) is 12.9. The molecule has 1 atom stereocenters. The standard InChI is InChI=1S/C13H20N4S2/c1-5-9(2)15-13-16-10(8-18-13)11-6-14-12(19-11)7-17(3)4/h6,8-9H,5,7H2,1-4H3,(H,15,16). The van der Waals surface area contributed by atoms with Crippen LogP contribution in [0.1, 0.15) is 25.3 Å². The summed E-state index contributed by atoms with van der Waals surface area (Å²) >= 11 is 3.37.